The van der Waals surface area contributed by atoms with Gasteiger partial charge < -0.3 is 14.2 Å². The predicted molar refractivity (Wildman–Crippen MR) is 75.5 cm³/mol. The standard InChI is InChI=1S/C15H14ClNO2/c1-2-17-14(12-7-4-8-18-12)13-9-10-5-3-6-11(16)15(10)19-13/h3-9,14,17H,2H2,1H3. The van der Waals surface area contributed by atoms with E-state index in [2.05, 4.69) is 5.32 Å². The molecule has 1 atom stereocenters. The molecule has 19 heavy (non-hydrogen) atoms. The van der Waals surface area contributed by atoms with Crippen LogP contribution < -0.4 is 5.32 Å². The molecule has 1 N–H and O–H groups in total. The van der Waals surface area contributed by atoms with Crippen LogP contribution in [0, 0.1) is 0 Å². The smallest absolute Gasteiger partial charge is 0.152 e. The van der Waals surface area contributed by atoms with E-state index in [0.717, 1.165) is 23.5 Å². The van der Waals surface area contributed by atoms with Crippen molar-refractivity contribution in [3.63, 3.8) is 0 Å². The summed E-state index contributed by atoms with van der Waals surface area (Å²) in [5.74, 6) is 1.64. The summed E-state index contributed by atoms with van der Waals surface area (Å²) in [4.78, 5) is 0. The van der Waals surface area contributed by atoms with Crippen LogP contribution in [-0.2, 0) is 0 Å². The number of para-hydroxylation sites is 1. The molecule has 1 unspecified atom stereocenters. The van der Waals surface area contributed by atoms with Gasteiger partial charge in [-0.05, 0) is 30.8 Å². The summed E-state index contributed by atoms with van der Waals surface area (Å²) in [5, 5.41) is 4.97. The minimum atomic E-state index is -0.0940. The Kier molecular flexibility index (Phi) is 3.32. The summed E-state index contributed by atoms with van der Waals surface area (Å²) in [6.07, 6.45) is 1.66. The Bertz CT molecular complexity index is 673. The van der Waals surface area contributed by atoms with Gasteiger partial charge in [0.15, 0.2) is 5.58 Å². The average Bonchev–Trinajstić information content (AvgIpc) is 3.05. The van der Waals surface area contributed by atoms with Gasteiger partial charge in [-0.25, -0.2) is 0 Å². The molecule has 2 aromatic heterocycles. The van der Waals surface area contributed by atoms with Crippen molar-refractivity contribution in [3.8, 4) is 0 Å². The molecule has 3 aromatic rings. The van der Waals surface area contributed by atoms with Gasteiger partial charge in [0.25, 0.3) is 0 Å². The predicted octanol–water partition coefficient (Wildman–Crippen LogP) is 4.38. The highest BCUT2D eigenvalue weighted by Crippen LogP contribution is 2.32. The number of halogens is 1. The maximum absolute atomic E-state index is 6.14. The third kappa shape index (κ3) is 2.27. The second-order valence-corrected chi connectivity index (χ2v) is 4.72. The Balaban J connectivity index is 2.08. The number of benzene rings is 1. The first-order valence-corrected chi connectivity index (χ1v) is 6.62. The zero-order valence-corrected chi connectivity index (χ0v) is 11.3. The lowest BCUT2D eigenvalue weighted by Gasteiger charge is -2.12. The Hall–Kier alpha value is -1.71. The molecule has 0 amide bonds. The van der Waals surface area contributed by atoms with Gasteiger partial charge >= 0.3 is 0 Å². The first kappa shape index (κ1) is 12.3. The highest BCUT2D eigenvalue weighted by Gasteiger charge is 2.20. The third-order valence-electron chi connectivity index (χ3n) is 3.04. The van der Waals surface area contributed by atoms with Crippen LogP contribution in [0.2, 0.25) is 5.02 Å². The average molecular weight is 276 g/mol. The van der Waals surface area contributed by atoms with Gasteiger partial charge in [-0.2, -0.15) is 0 Å². The lowest BCUT2D eigenvalue weighted by molar-refractivity contribution is 0.404. The molecule has 0 spiro atoms. The molecular formula is C15H14ClNO2. The van der Waals surface area contributed by atoms with Crippen LogP contribution in [0.3, 0.4) is 0 Å². The zero-order chi connectivity index (χ0) is 13.2. The number of rotatable bonds is 4. The van der Waals surface area contributed by atoms with Crippen molar-refractivity contribution in [1.82, 2.24) is 5.32 Å². The van der Waals surface area contributed by atoms with Crippen molar-refractivity contribution < 1.29 is 8.83 Å². The monoisotopic (exact) mass is 275 g/mol. The second-order valence-electron chi connectivity index (χ2n) is 4.31. The molecule has 0 aliphatic carbocycles. The van der Waals surface area contributed by atoms with Crippen molar-refractivity contribution in [2.45, 2.75) is 13.0 Å². The maximum Gasteiger partial charge on any atom is 0.152 e. The lowest BCUT2D eigenvalue weighted by Crippen LogP contribution is -2.20. The topological polar surface area (TPSA) is 38.3 Å². The van der Waals surface area contributed by atoms with Crippen LogP contribution in [0.15, 0.2) is 51.5 Å². The van der Waals surface area contributed by atoms with Crippen molar-refractivity contribution in [1.29, 1.82) is 0 Å². The number of nitrogens with one attached hydrogen (secondary N) is 1. The van der Waals surface area contributed by atoms with Crippen LogP contribution in [0.4, 0.5) is 0 Å². The van der Waals surface area contributed by atoms with Crippen molar-refractivity contribution in [3.05, 3.63) is 59.2 Å². The van der Waals surface area contributed by atoms with E-state index in [1.165, 1.54) is 0 Å². The Morgan fingerprint density at radius 1 is 1.21 bits per heavy atom. The first-order chi connectivity index (χ1) is 9.29. The third-order valence-corrected chi connectivity index (χ3v) is 3.33. The Morgan fingerprint density at radius 3 is 2.79 bits per heavy atom. The number of furan rings is 2. The van der Waals surface area contributed by atoms with Crippen LogP contribution in [0.25, 0.3) is 11.0 Å². The van der Waals surface area contributed by atoms with Crippen LogP contribution in [-0.4, -0.2) is 6.54 Å². The molecular weight excluding hydrogens is 262 g/mol. The molecule has 0 fully saturated rings. The Morgan fingerprint density at radius 2 is 2.11 bits per heavy atom. The van der Waals surface area contributed by atoms with Crippen LogP contribution in [0.5, 0.6) is 0 Å². The SMILES string of the molecule is CCNC(c1ccco1)c1cc2cccc(Cl)c2o1. The minimum Gasteiger partial charge on any atom is -0.467 e. The van der Waals surface area contributed by atoms with Crippen molar-refractivity contribution in [2.75, 3.05) is 6.54 Å². The molecule has 0 bridgehead atoms. The fraction of sp³-hybridized carbons (Fsp3) is 0.200. The van der Waals surface area contributed by atoms with E-state index >= 15 is 0 Å². The van der Waals surface area contributed by atoms with Crippen LogP contribution >= 0.6 is 11.6 Å². The van der Waals surface area contributed by atoms with E-state index in [0.29, 0.717) is 10.6 Å². The molecule has 4 heteroatoms. The van der Waals surface area contributed by atoms with E-state index in [1.54, 1.807) is 6.26 Å². The number of hydrogen-bond acceptors (Lipinski definition) is 3. The van der Waals surface area contributed by atoms with Gasteiger partial charge in [-0.1, -0.05) is 30.7 Å². The first-order valence-electron chi connectivity index (χ1n) is 6.24. The molecule has 3 nitrogen and oxygen atoms in total. The van der Waals surface area contributed by atoms with Crippen molar-refractivity contribution in [2.24, 2.45) is 0 Å². The molecule has 98 valence electrons. The molecule has 3 rings (SSSR count). The van der Waals surface area contributed by atoms with E-state index in [1.807, 2.05) is 43.3 Å². The van der Waals surface area contributed by atoms with E-state index < -0.39 is 0 Å². The Labute approximate surface area is 116 Å². The summed E-state index contributed by atoms with van der Waals surface area (Å²) in [7, 11) is 0. The second kappa shape index (κ2) is 5.11. The van der Waals surface area contributed by atoms with Gasteiger partial charge in [-0.15, -0.1) is 0 Å². The lowest BCUT2D eigenvalue weighted by atomic mass is 10.1. The van der Waals surface area contributed by atoms with E-state index in [4.69, 9.17) is 20.4 Å². The molecule has 0 aliphatic rings. The molecule has 0 radical (unpaired) electrons. The van der Waals surface area contributed by atoms with E-state index in [9.17, 15) is 0 Å². The summed E-state index contributed by atoms with van der Waals surface area (Å²) < 4.78 is 11.4. The number of hydrogen-bond donors (Lipinski definition) is 1. The van der Waals surface area contributed by atoms with Gasteiger partial charge in [-0.3, -0.25) is 0 Å². The summed E-state index contributed by atoms with van der Waals surface area (Å²) in [6.45, 7) is 2.86. The van der Waals surface area contributed by atoms with Gasteiger partial charge in [0.2, 0.25) is 0 Å². The van der Waals surface area contributed by atoms with Gasteiger partial charge in [0.1, 0.15) is 17.6 Å². The molecule has 0 saturated carbocycles. The van der Waals surface area contributed by atoms with Crippen molar-refractivity contribution >= 4 is 22.6 Å². The fourth-order valence-electron chi connectivity index (χ4n) is 2.19. The van der Waals surface area contributed by atoms with E-state index in [-0.39, 0.29) is 6.04 Å². The summed E-state index contributed by atoms with van der Waals surface area (Å²) in [6, 6.07) is 11.4. The van der Waals surface area contributed by atoms with Gasteiger partial charge in [0, 0.05) is 5.39 Å². The summed E-state index contributed by atoms with van der Waals surface area (Å²) in [5.41, 5.74) is 0.716. The quantitative estimate of drug-likeness (QED) is 0.768. The highest BCUT2D eigenvalue weighted by molar-refractivity contribution is 6.34. The molecule has 0 saturated heterocycles. The molecule has 0 aliphatic heterocycles. The maximum atomic E-state index is 6.14. The van der Waals surface area contributed by atoms with Crippen LogP contribution in [0.1, 0.15) is 24.5 Å². The summed E-state index contributed by atoms with van der Waals surface area (Å²) >= 11 is 6.14. The fourth-order valence-corrected chi connectivity index (χ4v) is 2.41. The largest absolute Gasteiger partial charge is 0.467 e. The zero-order valence-electron chi connectivity index (χ0n) is 10.5. The minimum absolute atomic E-state index is 0.0940. The highest BCUT2D eigenvalue weighted by atomic mass is 35.5. The number of fused-ring (bicyclic) bond motifs is 1. The molecule has 2 heterocycles. The molecule has 1 aromatic carbocycles. The normalized spacial score (nSPS) is 12.9. The van der Waals surface area contributed by atoms with Gasteiger partial charge in [0.05, 0.1) is 11.3 Å².